The normalized spacial score (nSPS) is 12.4. The van der Waals surface area contributed by atoms with Gasteiger partial charge in [0.25, 0.3) is 0 Å². The molecular formula is C15H20FN5OS. The zero-order chi connectivity index (χ0) is 17.0. The van der Waals surface area contributed by atoms with Crippen molar-refractivity contribution in [3.63, 3.8) is 0 Å². The number of hydrogen-bond acceptors (Lipinski definition) is 5. The van der Waals surface area contributed by atoms with Gasteiger partial charge in [0.05, 0.1) is 5.25 Å². The molecule has 6 nitrogen and oxygen atoms in total. The van der Waals surface area contributed by atoms with Gasteiger partial charge >= 0.3 is 0 Å². The number of anilines is 1. The second-order valence-corrected chi connectivity index (χ2v) is 7.06. The molecule has 23 heavy (non-hydrogen) atoms. The average molecular weight is 337 g/mol. The highest BCUT2D eigenvalue weighted by Gasteiger charge is 2.19. The third-order valence-corrected chi connectivity index (χ3v) is 4.20. The molecule has 1 unspecified atom stereocenters. The number of halogens is 1. The summed E-state index contributed by atoms with van der Waals surface area (Å²) in [6, 6.07) is 4.62. The molecule has 8 heteroatoms. The molecule has 0 saturated heterocycles. The van der Waals surface area contributed by atoms with E-state index >= 15 is 0 Å². The second kappa shape index (κ2) is 7.54. The fraction of sp³-hybridized carbons (Fsp3) is 0.467. The Balaban J connectivity index is 2.00. The van der Waals surface area contributed by atoms with Gasteiger partial charge in [-0.3, -0.25) is 4.79 Å². The molecule has 1 heterocycles. The Labute approximate surface area is 138 Å². The van der Waals surface area contributed by atoms with E-state index in [1.165, 1.54) is 17.8 Å². The molecule has 124 valence electrons. The van der Waals surface area contributed by atoms with Crippen molar-refractivity contribution >= 4 is 23.4 Å². The Bertz CT molecular complexity index is 688. The summed E-state index contributed by atoms with van der Waals surface area (Å²) in [5, 5.41) is 14.4. The number of carbonyl (C=O) groups is 1. The number of thioether (sulfide) groups is 1. The van der Waals surface area contributed by atoms with Crippen LogP contribution in [0.2, 0.25) is 0 Å². The SMILES string of the molecule is Cc1ccc(NC(=O)C(C)Sc2nnnn2CC(C)C)cc1F. The van der Waals surface area contributed by atoms with Crippen LogP contribution in [0.15, 0.2) is 23.4 Å². The van der Waals surface area contributed by atoms with Crippen LogP contribution in [0.3, 0.4) is 0 Å². The molecule has 1 aromatic heterocycles. The minimum Gasteiger partial charge on any atom is -0.325 e. The van der Waals surface area contributed by atoms with Crippen molar-refractivity contribution in [3.8, 4) is 0 Å². The fourth-order valence-corrected chi connectivity index (χ4v) is 2.67. The van der Waals surface area contributed by atoms with Crippen LogP contribution < -0.4 is 5.32 Å². The molecule has 0 spiro atoms. The summed E-state index contributed by atoms with van der Waals surface area (Å²) in [6.07, 6.45) is 0. The smallest absolute Gasteiger partial charge is 0.237 e. The van der Waals surface area contributed by atoms with Gasteiger partial charge in [0.2, 0.25) is 11.1 Å². The number of tetrazole rings is 1. The Morgan fingerprint density at radius 3 is 2.78 bits per heavy atom. The molecule has 0 radical (unpaired) electrons. The standard InChI is InChI=1S/C15H20FN5OS/c1-9(2)8-21-15(18-19-20-21)23-11(4)14(22)17-12-6-5-10(3)13(16)7-12/h5-7,9,11H,8H2,1-4H3,(H,17,22). The van der Waals surface area contributed by atoms with E-state index in [1.807, 2.05) is 0 Å². The maximum atomic E-state index is 13.5. The fourth-order valence-electron chi connectivity index (χ4n) is 1.87. The van der Waals surface area contributed by atoms with E-state index in [4.69, 9.17) is 0 Å². The molecule has 2 rings (SSSR count). The van der Waals surface area contributed by atoms with Crippen LogP contribution in [0.4, 0.5) is 10.1 Å². The number of aromatic nitrogens is 4. The van der Waals surface area contributed by atoms with Gasteiger partial charge < -0.3 is 5.32 Å². The van der Waals surface area contributed by atoms with Crippen LogP contribution in [-0.2, 0) is 11.3 Å². The summed E-state index contributed by atoms with van der Waals surface area (Å²) in [5.41, 5.74) is 0.977. The van der Waals surface area contributed by atoms with Crippen molar-refractivity contribution in [1.29, 1.82) is 0 Å². The van der Waals surface area contributed by atoms with Crippen molar-refractivity contribution in [2.75, 3.05) is 5.32 Å². The van der Waals surface area contributed by atoms with Gasteiger partial charge in [-0.1, -0.05) is 31.7 Å². The van der Waals surface area contributed by atoms with Gasteiger partial charge in [0, 0.05) is 12.2 Å². The Hall–Kier alpha value is -1.96. The van der Waals surface area contributed by atoms with Crippen molar-refractivity contribution in [3.05, 3.63) is 29.6 Å². The van der Waals surface area contributed by atoms with E-state index in [2.05, 4.69) is 34.7 Å². The second-order valence-electron chi connectivity index (χ2n) is 5.75. The number of carbonyl (C=O) groups excluding carboxylic acids is 1. The molecule has 0 fully saturated rings. The van der Waals surface area contributed by atoms with E-state index < -0.39 is 5.25 Å². The lowest BCUT2D eigenvalue weighted by molar-refractivity contribution is -0.115. The summed E-state index contributed by atoms with van der Waals surface area (Å²) >= 11 is 1.27. The first-order chi connectivity index (χ1) is 10.9. The van der Waals surface area contributed by atoms with Gasteiger partial charge in [0.15, 0.2) is 0 Å². The number of benzene rings is 1. The van der Waals surface area contributed by atoms with E-state index in [1.54, 1.807) is 30.7 Å². The molecule has 1 amide bonds. The van der Waals surface area contributed by atoms with Gasteiger partial charge in [-0.15, -0.1) is 5.10 Å². The quantitative estimate of drug-likeness (QED) is 0.821. The van der Waals surface area contributed by atoms with Crippen molar-refractivity contribution in [1.82, 2.24) is 20.2 Å². The highest BCUT2D eigenvalue weighted by Crippen LogP contribution is 2.22. The Kier molecular flexibility index (Phi) is 5.70. The number of aryl methyl sites for hydroxylation is 1. The molecule has 0 aliphatic heterocycles. The molecule has 0 saturated carbocycles. The van der Waals surface area contributed by atoms with Gasteiger partial charge in [-0.25, -0.2) is 9.07 Å². The Morgan fingerprint density at radius 2 is 2.13 bits per heavy atom. The number of nitrogens with zero attached hydrogens (tertiary/aromatic N) is 4. The minimum atomic E-state index is -0.406. The molecule has 1 atom stereocenters. The summed E-state index contributed by atoms with van der Waals surface area (Å²) in [7, 11) is 0. The van der Waals surface area contributed by atoms with Crippen LogP contribution in [0, 0.1) is 18.7 Å². The first-order valence-corrected chi connectivity index (χ1v) is 8.24. The predicted molar refractivity (Wildman–Crippen MR) is 87.7 cm³/mol. The van der Waals surface area contributed by atoms with Gasteiger partial charge in [0.1, 0.15) is 5.82 Å². The third kappa shape index (κ3) is 4.75. The van der Waals surface area contributed by atoms with Crippen LogP contribution in [-0.4, -0.2) is 31.4 Å². The average Bonchev–Trinajstić information content (AvgIpc) is 2.89. The minimum absolute atomic E-state index is 0.225. The molecule has 1 aromatic carbocycles. The van der Waals surface area contributed by atoms with E-state index in [-0.39, 0.29) is 11.7 Å². The number of rotatable bonds is 6. The maximum Gasteiger partial charge on any atom is 0.237 e. The summed E-state index contributed by atoms with van der Waals surface area (Å²) in [6.45, 7) is 8.26. The van der Waals surface area contributed by atoms with Gasteiger partial charge in [-0.05, 0) is 47.9 Å². The van der Waals surface area contributed by atoms with Gasteiger partial charge in [-0.2, -0.15) is 0 Å². The first-order valence-electron chi connectivity index (χ1n) is 7.36. The predicted octanol–water partition coefficient (Wildman–Crippen LogP) is 2.90. The maximum absolute atomic E-state index is 13.5. The first kappa shape index (κ1) is 17.4. The van der Waals surface area contributed by atoms with Crippen LogP contribution in [0.1, 0.15) is 26.3 Å². The lowest BCUT2D eigenvalue weighted by atomic mass is 10.2. The lowest BCUT2D eigenvalue weighted by Crippen LogP contribution is -2.23. The van der Waals surface area contributed by atoms with Crippen molar-refractivity contribution in [2.45, 2.75) is 44.6 Å². The van der Waals surface area contributed by atoms with E-state index in [0.29, 0.717) is 28.9 Å². The zero-order valence-corrected chi connectivity index (χ0v) is 14.4. The molecular weight excluding hydrogens is 317 g/mol. The highest BCUT2D eigenvalue weighted by molar-refractivity contribution is 8.00. The van der Waals surface area contributed by atoms with E-state index in [0.717, 1.165) is 0 Å². The van der Waals surface area contributed by atoms with Crippen molar-refractivity contribution in [2.24, 2.45) is 5.92 Å². The van der Waals surface area contributed by atoms with E-state index in [9.17, 15) is 9.18 Å². The highest BCUT2D eigenvalue weighted by atomic mass is 32.2. The summed E-state index contributed by atoms with van der Waals surface area (Å²) in [4.78, 5) is 12.2. The summed E-state index contributed by atoms with van der Waals surface area (Å²) < 4.78 is 15.2. The lowest BCUT2D eigenvalue weighted by Gasteiger charge is -2.12. The number of hydrogen-bond donors (Lipinski definition) is 1. The van der Waals surface area contributed by atoms with Crippen LogP contribution >= 0.6 is 11.8 Å². The molecule has 0 bridgehead atoms. The largest absolute Gasteiger partial charge is 0.325 e. The molecule has 2 aromatic rings. The van der Waals surface area contributed by atoms with Crippen molar-refractivity contribution < 1.29 is 9.18 Å². The summed E-state index contributed by atoms with van der Waals surface area (Å²) in [5.74, 6) is -0.168. The number of nitrogens with one attached hydrogen (secondary N) is 1. The molecule has 0 aliphatic rings. The monoisotopic (exact) mass is 337 g/mol. The third-order valence-electron chi connectivity index (χ3n) is 3.13. The molecule has 0 aliphatic carbocycles. The molecule has 1 N–H and O–H groups in total. The Morgan fingerprint density at radius 1 is 1.39 bits per heavy atom. The van der Waals surface area contributed by atoms with Crippen LogP contribution in [0.25, 0.3) is 0 Å². The topological polar surface area (TPSA) is 72.7 Å². The number of amides is 1. The zero-order valence-electron chi connectivity index (χ0n) is 13.6. The van der Waals surface area contributed by atoms with Crippen LogP contribution in [0.5, 0.6) is 0 Å².